The summed E-state index contributed by atoms with van der Waals surface area (Å²) >= 11 is 0. The number of likely N-dealkylation sites (N-methyl/N-ethyl adjacent to an activating group) is 1. The molecule has 2 atom stereocenters. The van der Waals surface area contributed by atoms with E-state index in [-0.39, 0.29) is 18.3 Å². The van der Waals surface area contributed by atoms with E-state index in [2.05, 4.69) is 29.4 Å². The second kappa shape index (κ2) is 8.13. The highest BCUT2D eigenvalue weighted by Crippen LogP contribution is 2.18. The molecule has 1 amide bonds. The van der Waals surface area contributed by atoms with Gasteiger partial charge in [0.05, 0.1) is 6.04 Å². The van der Waals surface area contributed by atoms with Crippen molar-refractivity contribution in [3.8, 4) is 0 Å². The lowest BCUT2D eigenvalue weighted by atomic mass is 10.0. The molecule has 0 aromatic carbocycles. The average Bonchev–Trinajstić information content (AvgIpc) is 3.05. The highest BCUT2D eigenvalue weighted by molar-refractivity contribution is 5.92. The van der Waals surface area contributed by atoms with Gasteiger partial charge >= 0.3 is 0 Å². The molecular weight excluding hydrogens is 314 g/mol. The maximum atomic E-state index is 12.7. The molecule has 23 heavy (non-hydrogen) atoms. The third kappa shape index (κ3) is 4.25. The summed E-state index contributed by atoms with van der Waals surface area (Å²) in [5.74, 6) is 0.0778. The van der Waals surface area contributed by atoms with Crippen LogP contribution in [0.25, 0.3) is 0 Å². The monoisotopic (exact) mass is 341 g/mol. The van der Waals surface area contributed by atoms with E-state index < -0.39 is 0 Å². The Hall–Kier alpha value is -1.11. The van der Waals surface area contributed by atoms with Crippen molar-refractivity contribution in [2.24, 2.45) is 0 Å². The quantitative estimate of drug-likeness (QED) is 0.903. The highest BCUT2D eigenvalue weighted by Gasteiger charge is 2.27. The zero-order valence-electron chi connectivity index (χ0n) is 14.1. The van der Waals surface area contributed by atoms with Crippen molar-refractivity contribution in [3.05, 3.63) is 18.0 Å². The molecule has 1 aromatic heterocycles. The summed E-state index contributed by atoms with van der Waals surface area (Å²) in [5, 5.41) is 7.94. The number of piperidine rings is 2. The van der Waals surface area contributed by atoms with Crippen LogP contribution in [0, 0.1) is 0 Å². The number of halogens is 1. The Labute approximate surface area is 144 Å². The van der Waals surface area contributed by atoms with Gasteiger partial charge in [-0.25, -0.2) is 0 Å². The van der Waals surface area contributed by atoms with Gasteiger partial charge in [-0.15, -0.1) is 12.4 Å². The van der Waals surface area contributed by atoms with Crippen LogP contribution in [-0.2, 0) is 0 Å². The molecule has 2 aliphatic rings. The maximum Gasteiger partial charge on any atom is 0.274 e. The van der Waals surface area contributed by atoms with Gasteiger partial charge in [-0.3, -0.25) is 9.48 Å². The topological polar surface area (TPSA) is 53.4 Å². The number of hydrogen-bond donors (Lipinski definition) is 1. The van der Waals surface area contributed by atoms with Crippen LogP contribution < -0.4 is 5.32 Å². The molecule has 1 N–H and O–H groups in total. The summed E-state index contributed by atoms with van der Waals surface area (Å²) in [6, 6.07) is 2.71. The van der Waals surface area contributed by atoms with Gasteiger partial charge in [-0.1, -0.05) is 0 Å². The molecule has 3 heterocycles. The van der Waals surface area contributed by atoms with E-state index in [0.717, 1.165) is 39.0 Å². The van der Waals surface area contributed by atoms with E-state index in [0.29, 0.717) is 17.8 Å². The molecule has 0 bridgehead atoms. The van der Waals surface area contributed by atoms with Crippen LogP contribution >= 0.6 is 12.4 Å². The second-order valence-electron chi connectivity index (χ2n) is 6.69. The fourth-order valence-corrected chi connectivity index (χ4v) is 3.44. The number of hydrogen-bond acceptors (Lipinski definition) is 4. The normalized spacial score (nSPS) is 25.3. The van der Waals surface area contributed by atoms with E-state index in [4.69, 9.17) is 0 Å². The Morgan fingerprint density at radius 1 is 1.35 bits per heavy atom. The second-order valence-corrected chi connectivity index (χ2v) is 6.69. The number of carbonyl (C=O) groups excluding carboxylic acids is 1. The zero-order valence-corrected chi connectivity index (χ0v) is 14.9. The summed E-state index contributed by atoms with van der Waals surface area (Å²) in [5.41, 5.74) is 0.588. The van der Waals surface area contributed by atoms with Gasteiger partial charge in [0.1, 0.15) is 5.69 Å². The zero-order chi connectivity index (χ0) is 15.5. The van der Waals surface area contributed by atoms with Crippen LogP contribution in [0.4, 0.5) is 0 Å². The van der Waals surface area contributed by atoms with Crippen molar-refractivity contribution in [1.82, 2.24) is 24.9 Å². The first-order chi connectivity index (χ1) is 10.6. The van der Waals surface area contributed by atoms with E-state index >= 15 is 0 Å². The number of amides is 1. The van der Waals surface area contributed by atoms with E-state index in [9.17, 15) is 4.79 Å². The lowest BCUT2D eigenvalue weighted by Gasteiger charge is -2.35. The first-order valence-corrected chi connectivity index (χ1v) is 8.36. The first-order valence-electron chi connectivity index (χ1n) is 8.36. The number of likely N-dealkylation sites (tertiary alicyclic amines) is 1. The highest BCUT2D eigenvalue weighted by atomic mass is 35.5. The fourth-order valence-electron chi connectivity index (χ4n) is 3.44. The Morgan fingerprint density at radius 3 is 2.87 bits per heavy atom. The smallest absolute Gasteiger partial charge is 0.274 e. The van der Waals surface area contributed by atoms with Gasteiger partial charge in [0, 0.05) is 31.9 Å². The number of carbonyl (C=O) groups is 1. The molecule has 0 saturated carbocycles. The molecular formula is C16H28ClN5O. The number of rotatable bonds is 3. The van der Waals surface area contributed by atoms with Crippen molar-refractivity contribution < 1.29 is 4.79 Å². The molecule has 0 aliphatic carbocycles. The third-order valence-corrected chi connectivity index (χ3v) is 4.89. The average molecular weight is 342 g/mol. The lowest BCUT2D eigenvalue weighted by Crippen LogP contribution is -2.47. The summed E-state index contributed by atoms with van der Waals surface area (Å²) in [6.07, 6.45) is 6.50. The van der Waals surface area contributed by atoms with E-state index in [1.807, 2.05) is 21.8 Å². The molecule has 0 spiro atoms. The summed E-state index contributed by atoms with van der Waals surface area (Å²) in [7, 11) is 4.17. The number of aromatic nitrogens is 2. The number of nitrogens with one attached hydrogen (secondary N) is 1. The molecule has 1 aromatic rings. The van der Waals surface area contributed by atoms with Crippen molar-refractivity contribution in [2.45, 2.75) is 37.8 Å². The molecule has 2 aliphatic heterocycles. The first kappa shape index (κ1) is 18.2. The van der Waals surface area contributed by atoms with Crippen molar-refractivity contribution >= 4 is 18.3 Å². The third-order valence-electron chi connectivity index (χ3n) is 4.89. The van der Waals surface area contributed by atoms with Gasteiger partial charge in [0.15, 0.2) is 0 Å². The predicted molar refractivity (Wildman–Crippen MR) is 93.2 cm³/mol. The van der Waals surface area contributed by atoms with Crippen molar-refractivity contribution in [3.63, 3.8) is 0 Å². The standard InChI is InChI=1S/C16H27N5O.ClH/c1-19(2)14-6-4-9-20(12-14)16(22)15-7-10-21(18-15)13-5-3-8-17-11-13;/h7,10,13-14,17H,3-6,8-9,11-12H2,1-2H3;1H. The Kier molecular flexibility index (Phi) is 6.44. The molecule has 2 fully saturated rings. The minimum Gasteiger partial charge on any atom is -0.336 e. The van der Waals surface area contributed by atoms with Crippen molar-refractivity contribution in [1.29, 1.82) is 0 Å². The summed E-state index contributed by atoms with van der Waals surface area (Å²) in [4.78, 5) is 16.9. The summed E-state index contributed by atoms with van der Waals surface area (Å²) < 4.78 is 1.97. The van der Waals surface area contributed by atoms with Gasteiger partial charge in [0.25, 0.3) is 5.91 Å². The van der Waals surface area contributed by atoms with E-state index in [1.54, 1.807) is 0 Å². The largest absolute Gasteiger partial charge is 0.336 e. The number of nitrogens with zero attached hydrogens (tertiary/aromatic N) is 4. The molecule has 130 valence electrons. The van der Waals surface area contributed by atoms with Gasteiger partial charge in [-0.2, -0.15) is 5.10 Å². The van der Waals surface area contributed by atoms with Crippen LogP contribution in [-0.4, -0.2) is 71.8 Å². The minimum atomic E-state index is 0. The van der Waals surface area contributed by atoms with Gasteiger partial charge in [-0.05, 0) is 52.4 Å². The van der Waals surface area contributed by atoms with Crippen LogP contribution in [0.3, 0.4) is 0 Å². The van der Waals surface area contributed by atoms with Gasteiger partial charge < -0.3 is 15.1 Å². The van der Waals surface area contributed by atoms with Crippen molar-refractivity contribution in [2.75, 3.05) is 40.3 Å². The van der Waals surface area contributed by atoms with Crippen LogP contribution in [0.1, 0.15) is 42.2 Å². The Balaban J connectivity index is 0.00000192. The maximum absolute atomic E-state index is 12.7. The molecule has 0 radical (unpaired) electrons. The Bertz CT molecular complexity index is 512. The predicted octanol–water partition coefficient (Wildman–Crippen LogP) is 1.40. The molecule has 2 saturated heterocycles. The SMILES string of the molecule is CN(C)C1CCCN(C(=O)c2ccn(C3CCCNC3)n2)C1.Cl. The van der Waals surface area contributed by atoms with E-state index in [1.165, 1.54) is 12.8 Å². The molecule has 6 nitrogen and oxygen atoms in total. The Morgan fingerprint density at radius 2 is 2.17 bits per heavy atom. The molecule has 7 heteroatoms. The molecule has 3 rings (SSSR count). The van der Waals surface area contributed by atoms with Crippen LogP contribution in [0.15, 0.2) is 12.3 Å². The van der Waals surface area contributed by atoms with Crippen LogP contribution in [0.2, 0.25) is 0 Å². The van der Waals surface area contributed by atoms with Crippen LogP contribution in [0.5, 0.6) is 0 Å². The molecule has 2 unspecified atom stereocenters. The fraction of sp³-hybridized carbons (Fsp3) is 0.750. The lowest BCUT2D eigenvalue weighted by molar-refractivity contribution is 0.0628. The van der Waals surface area contributed by atoms with Gasteiger partial charge in [0.2, 0.25) is 0 Å². The minimum absolute atomic E-state index is 0. The summed E-state index contributed by atoms with van der Waals surface area (Å²) in [6.45, 7) is 3.69.